The number of aryl methyl sites for hydroxylation is 1. The van der Waals surface area contributed by atoms with E-state index < -0.39 is 0 Å². The van der Waals surface area contributed by atoms with Crippen molar-refractivity contribution in [3.05, 3.63) is 65.4 Å². The third-order valence-electron chi connectivity index (χ3n) is 4.37. The van der Waals surface area contributed by atoms with E-state index in [0.717, 1.165) is 39.9 Å². The fraction of sp³-hybridized carbons (Fsp3) is 0.238. The number of aromatic nitrogens is 2. The smallest absolute Gasteiger partial charge is 0.231 e. The summed E-state index contributed by atoms with van der Waals surface area (Å²) in [5.41, 5.74) is 3.11. The molecule has 0 radical (unpaired) electrons. The average molecular weight is 378 g/mol. The van der Waals surface area contributed by atoms with E-state index in [1.165, 1.54) is 0 Å². The van der Waals surface area contributed by atoms with Crippen molar-refractivity contribution < 1.29 is 14.2 Å². The first kappa shape index (κ1) is 17.9. The minimum atomic E-state index is 0.274. The van der Waals surface area contributed by atoms with E-state index in [4.69, 9.17) is 14.2 Å². The number of nitrogens with zero attached hydrogens (tertiary/aromatic N) is 2. The molecule has 2 N–H and O–H groups in total. The molecule has 7 heteroatoms. The summed E-state index contributed by atoms with van der Waals surface area (Å²) in [6, 6.07) is 15.7. The maximum absolute atomic E-state index is 5.42. The molecule has 2 heterocycles. The van der Waals surface area contributed by atoms with Gasteiger partial charge in [0, 0.05) is 24.8 Å². The van der Waals surface area contributed by atoms with Crippen LogP contribution in [0.5, 0.6) is 17.2 Å². The van der Waals surface area contributed by atoms with Crippen LogP contribution in [0.2, 0.25) is 0 Å². The lowest BCUT2D eigenvalue weighted by molar-refractivity contribution is 0.174. The summed E-state index contributed by atoms with van der Waals surface area (Å²) in [6.45, 7) is 3.49. The fourth-order valence-electron chi connectivity index (χ4n) is 2.91. The van der Waals surface area contributed by atoms with Crippen molar-refractivity contribution in [3.8, 4) is 17.2 Å². The molecular formula is C21H22N4O3. The van der Waals surface area contributed by atoms with E-state index in [-0.39, 0.29) is 6.79 Å². The number of benzene rings is 2. The van der Waals surface area contributed by atoms with Crippen LogP contribution in [0.1, 0.15) is 16.8 Å². The minimum Gasteiger partial charge on any atom is -0.497 e. The van der Waals surface area contributed by atoms with Gasteiger partial charge in [0.05, 0.1) is 7.11 Å². The predicted octanol–water partition coefficient (Wildman–Crippen LogP) is 3.75. The molecule has 144 valence electrons. The number of anilines is 2. The normalized spacial score (nSPS) is 11.9. The molecule has 28 heavy (non-hydrogen) atoms. The number of ether oxygens (including phenoxy) is 3. The zero-order chi connectivity index (χ0) is 19.3. The number of hydrogen-bond acceptors (Lipinski definition) is 7. The standard InChI is InChI=1S/C21H22N4O3/c1-14-9-20(22-11-15-3-6-17(26-2)7-4-15)25-21(24-14)23-12-16-5-8-18-19(10-16)28-13-27-18/h3-10H,11-13H2,1-2H3,(H2,22,23,24,25). The van der Waals surface area contributed by atoms with Gasteiger partial charge in [-0.1, -0.05) is 18.2 Å². The Morgan fingerprint density at radius 2 is 1.64 bits per heavy atom. The molecule has 0 saturated heterocycles. The molecule has 0 atom stereocenters. The predicted molar refractivity (Wildman–Crippen MR) is 107 cm³/mol. The van der Waals surface area contributed by atoms with Gasteiger partial charge in [0.1, 0.15) is 11.6 Å². The number of nitrogens with one attached hydrogen (secondary N) is 2. The summed E-state index contributed by atoms with van der Waals surface area (Å²) >= 11 is 0. The second kappa shape index (κ2) is 8.04. The number of rotatable bonds is 7. The highest BCUT2D eigenvalue weighted by Gasteiger charge is 2.13. The maximum Gasteiger partial charge on any atom is 0.231 e. The molecule has 3 aromatic rings. The first-order chi connectivity index (χ1) is 13.7. The van der Waals surface area contributed by atoms with Crippen LogP contribution in [-0.4, -0.2) is 23.9 Å². The fourth-order valence-corrected chi connectivity index (χ4v) is 2.91. The third-order valence-corrected chi connectivity index (χ3v) is 4.37. The van der Waals surface area contributed by atoms with Gasteiger partial charge in [0.2, 0.25) is 12.7 Å². The molecule has 4 rings (SSSR count). The summed E-state index contributed by atoms with van der Waals surface area (Å²) in [6.07, 6.45) is 0. The van der Waals surface area contributed by atoms with Gasteiger partial charge in [0.15, 0.2) is 11.5 Å². The van der Waals surface area contributed by atoms with E-state index >= 15 is 0 Å². The van der Waals surface area contributed by atoms with Gasteiger partial charge in [-0.25, -0.2) is 4.98 Å². The summed E-state index contributed by atoms with van der Waals surface area (Å²) < 4.78 is 15.9. The molecule has 0 saturated carbocycles. The second-order valence-electron chi connectivity index (χ2n) is 6.46. The molecule has 0 aliphatic carbocycles. The molecule has 1 aliphatic rings. The lowest BCUT2D eigenvalue weighted by Gasteiger charge is -2.11. The molecule has 7 nitrogen and oxygen atoms in total. The van der Waals surface area contributed by atoms with E-state index in [1.54, 1.807) is 7.11 Å². The van der Waals surface area contributed by atoms with E-state index in [1.807, 2.05) is 55.5 Å². The highest BCUT2D eigenvalue weighted by Crippen LogP contribution is 2.32. The molecule has 1 aliphatic heterocycles. The Morgan fingerprint density at radius 1 is 0.893 bits per heavy atom. The van der Waals surface area contributed by atoms with Crippen LogP contribution in [-0.2, 0) is 13.1 Å². The lowest BCUT2D eigenvalue weighted by atomic mass is 10.2. The van der Waals surface area contributed by atoms with Crippen LogP contribution in [0, 0.1) is 6.92 Å². The van der Waals surface area contributed by atoms with Crippen LogP contribution < -0.4 is 24.8 Å². The van der Waals surface area contributed by atoms with E-state index in [0.29, 0.717) is 19.0 Å². The number of fused-ring (bicyclic) bond motifs is 1. The van der Waals surface area contributed by atoms with Crippen LogP contribution in [0.25, 0.3) is 0 Å². The highest BCUT2D eigenvalue weighted by molar-refractivity contribution is 5.46. The first-order valence-electron chi connectivity index (χ1n) is 9.04. The Hall–Kier alpha value is -3.48. The van der Waals surface area contributed by atoms with E-state index in [2.05, 4.69) is 20.6 Å². The van der Waals surface area contributed by atoms with Gasteiger partial charge in [0.25, 0.3) is 0 Å². The first-order valence-corrected chi connectivity index (χ1v) is 9.04. The van der Waals surface area contributed by atoms with Gasteiger partial charge in [-0.15, -0.1) is 0 Å². The van der Waals surface area contributed by atoms with E-state index in [9.17, 15) is 0 Å². The number of methoxy groups -OCH3 is 1. The highest BCUT2D eigenvalue weighted by atomic mass is 16.7. The zero-order valence-corrected chi connectivity index (χ0v) is 15.9. The Bertz CT molecular complexity index is 960. The summed E-state index contributed by atoms with van der Waals surface area (Å²) in [4.78, 5) is 9.02. The molecule has 0 fully saturated rings. The topological polar surface area (TPSA) is 77.5 Å². The van der Waals surface area contributed by atoms with Gasteiger partial charge >= 0.3 is 0 Å². The average Bonchev–Trinajstić information content (AvgIpc) is 3.19. The molecule has 1 aromatic heterocycles. The lowest BCUT2D eigenvalue weighted by Crippen LogP contribution is -2.08. The summed E-state index contributed by atoms with van der Waals surface area (Å²) in [5, 5.41) is 6.61. The Balaban J connectivity index is 1.38. The van der Waals surface area contributed by atoms with Crippen LogP contribution in [0.3, 0.4) is 0 Å². The zero-order valence-electron chi connectivity index (χ0n) is 15.9. The minimum absolute atomic E-state index is 0.274. The molecule has 0 spiro atoms. The Morgan fingerprint density at radius 3 is 2.46 bits per heavy atom. The van der Waals surface area contributed by atoms with Crippen molar-refractivity contribution in [2.45, 2.75) is 20.0 Å². The molecular weight excluding hydrogens is 356 g/mol. The van der Waals surface area contributed by atoms with Crippen LogP contribution in [0.15, 0.2) is 48.5 Å². The SMILES string of the molecule is COc1ccc(CNc2cc(C)nc(NCc3ccc4c(c3)OCO4)n2)cc1. The molecule has 0 bridgehead atoms. The van der Waals surface area contributed by atoms with Crippen molar-refractivity contribution in [2.24, 2.45) is 0 Å². The third kappa shape index (κ3) is 4.25. The molecule has 2 aromatic carbocycles. The number of hydrogen-bond donors (Lipinski definition) is 2. The Kier molecular flexibility index (Phi) is 5.14. The van der Waals surface area contributed by atoms with Crippen molar-refractivity contribution in [1.29, 1.82) is 0 Å². The largest absolute Gasteiger partial charge is 0.497 e. The van der Waals surface area contributed by atoms with Crippen molar-refractivity contribution in [1.82, 2.24) is 9.97 Å². The summed E-state index contributed by atoms with van der Waals surface area (Å²) in [5.74, 6) is 3.75. The quantitative estimate of drug-likeness (QED) is 0.648. The molecule has 0 amide bonds. The van der Waals surface area contributed by atoms with Crippen molar-refractivity contribution >= 4 is 11.8 Å². The van der Waals surface area contributed by atoms with Crippen molar-refractivity contribution in [3.63, 3.8) is 0 Å². The van der Waals surface area contributed by atoms with Gasteiger partial charge in [-0.3, -0.25) is 0 Å². The monoisotopic (exact) mass is 378 g/mol. The maximum atomic E-state index is 5.42. The Labute approximate surface area is 163 Å². The van der Waals surface area contributed by atoms with Crippen LogP contribution >= 0.6 is 0 Å². The molecule has 0 unspecified atom stereocenters. The van der Waals surface area contributed by atoms with Gasteiger partial charge < -0.3 is 24.8 Å². The van der Waals surface area contributed by atoms with Crippen LogP contribution in [0.4, 0.5) is 11.8 Å². The summed E-state index contributed by atoms with van der Waals surface area (Å²) in [7, 11) is 1.66. The van der Waals surface area contributed by atoms with Gasteiger partial charge in [-0.05, 0) is 42.3 Å². The van der Waals surface area contributed by atoms with Gasteiger partial charge in [-0.2, -0.15) is 4.98 Å². The second-order valence-corrected chi connectivity index (χ2v) is 6.46. The van der Waals surface area contributed by atoms with Crippen molar-refractivity contribution in [2.75, 3.05) is 24.5 Å².